The fourth-order valence-electron chi connectivity index (χ4n) is 1.29. The Morgan fingerprint density at radius 1 is 1.47 bits per heavy atom. The van der Waals surface area contributed by atoms with E-state index in [-0.39, 0.29) is 23.3 Å². The van der Waals surface area contributed by atoms with E-state index in [2.05, 4.69) is 0 Å². The van der Waals surface area contributed by atoms with E-state index in [1.54, 1.807) is 6.92 Å². The first-order valence-corrected chi connectivity index (χ1v) is 4.59. The standard InChI is InChI=1S/C11H12F2O2/c1-3-10(14)8-5-4-7(15-2)6-9(8)11(12)13/h4-6,11H,3H2,1-2H3. The molecule has 0 spiro atoms. The van der Waals surface area contributed by atoms with Gasteiger partial charge in [0.05, 0.1) is 7.11 Å². The van der Waals surface area contributed by atoms with Crippen LogP contribution >= 0.6 is 0 Å². The van der Waals surface area contributed by atoms with Gasteiger partial charge in [-0.2, -0.15) is 0 Å². The summed E-state index contributed by atoms with van der Waals surface area (Å²) in [7, 11) is 1.39. The lowest BCUT2D eigenvalue weighted by Crippen LogP contribution is -2.03. The number of alkyl halides is 2. The predicted octanol–water partition coefficient (Wildman–Crippen LogP) is 3.23. The molecule has 0 saturated carbocycles. The van der Waals surface area contributed by atoms with E-state index < -0.39 is 6.43 Å². The summed E-state index contributed by atoms with van der Waals surface area (Å²) >= 11 is 0. The lowest BCUT2D eigenvalue weighted by Gasteiger charge is -2.09. The first-order chi connectivity index (χ1) is 7.10. The molecular weight excluding hydrogens is 202 g/mol. The molecule has 0 aliphatic carbocycles. The molecule has 0 fully saturated rings. The van der Waals surface area contributed by atoms with E-state index in [9.17, 15) is 13.6 Å². The number of hydrogen-bond donors (Lipinski definition) is 0. The number of hydrogen-bond acceptors (Lipinski definition) is 2. The van der Waals surface area contributed by atoms with E-state index in [1.165, 1.54) is 25.3 Å². The molecule has 2 nitrogen and oxygen atoms in total. The van der Waals surface area contributed by atoms with Gasteiger partial charge in [0.25, 0.3) is 6.43 Å². The van der Waals surface area contributed by atoms with Gasteiger partial charge in [-0.3, -0.25) is 4.79 Å². The largest absolute Gasteiger partial charge is 0.497 e. The zero-order valence-corrected chi connectivity index (χ0v) is 8.59. The fourth-order valence-corrected chi connectivity index (χ4v) is 1.29. The summed E-state index contributed by atoms with van der Waals surface area (Å²) in [5.41, 5.74) is -0.186. The van der Waals surface area contributed by atoms with Gasteiger partial charge >= 0.3 is 0 Å². The van der Waals surface area contributed by atoms with Gasteiger partial charge in [0.2, 0.25) is 0 Å². The van der Waals surface area contributed by atoms with Crippen LogP contribution in [0.15, 0.2) is 18.2 Å². The first-order valence-electron chi connectivity index (χ1n) is 4.59. The second-order valence-electron chi connectivity index (χ2n) is 3.03. The molecular formula is C11H12F2O2. The maximum Gasteiger partial charge on any atom is 0.264 e. The average Bonchev–Trinajstić information content (AvgIpc) is 2.27. The molecule has 0 saturated heterocycles. The van der Waals surface area contributed by atoms with Crippen molar-refractivity contribution in [1.29, 1.82) is 0 Å². The van der Waals surface area contributed by atoms with Gasteiger partial charge < -0.3 is 4.74 Å². The molecule has 0 heterocycles. The predicted molar refractivity (Wildman–Crippen MR) is 52.6 cm³/mol. The third-order valence-corrected chi connectivity index (χ3v) is 2.12. The van der Waals surface area contributed by atoms with Crippen molar-refractivity contribution >= 4 is 5.78 Å². The smallest absolute Gasteiger partial charge is 0.264 e. The minimum absolute atomic E-state index is 0.0771. The van der Waals surface area contributed by atoms with E-state index in [0.29, 0.717) is 5.75 Å². The van der Waals surface area contributed by atoms with Crippen LogP contribution in [-0.2, 0) is 0 Å². The molecule has 0 aromatic heterocycles. The highest BCUT2D eigenvalue weighted by molar-refractivity contribution is 5.97. The van der Waals surface area contributed by atoms with Crippen LogP contribution in [0.3, 0.4) is 0 Å². The molecule has 15 heavy (non-hydrogen) atoms. The monoisotopic (exact) mass is 214 g/mol. The van der Waals surface area contributed by atoms with Gasteiger partial charge in [-0.25, -0.2) is 8.78 Å². The van der Waals surface area contributed by atoms with Gasteiger partial charge in [-0.1, -0.05) is 6.92 Å². The third kappa shape index (κ3) is 2.52. The Bertz CT molecular complexity index is 362. The molecule has 0 amide bonds. The quantitative estimate of drug-likeness (QED) is 0.719. The molecule has 0 atom stereocenters. The molecule has 0 aliphatic heterocycles. The van der Waals surface area contributed by atoms with E-state index in [4.69, 9.17) is 4.74 Å². The van der Waals surface area contributed by atoms with Crippen LogP contribution in [0.2, 0.25) is 0 Å². The SMILES string of the molecule is CCC(=O)c1ccc(OC)cc1C(F)F. The second kappa shape index (κ2) is 4.87. The molecule has 82 valence electrons. The third-order valence-electron chi connectivity index (χ3n) is 2.12. The van der Waals surface area contributed by atoms with Crippen molar-refractivity contribution in [3.63, 3.8) is 0 Å². The van der Waals surface area contributed by atoms with Crippen LogP contribution in [-0.4, -0.2) is 12.9 Å². The van der Waals surface area contributed by atoms with Crippen LogP contribution in [0.4, 0.5) is 8.78 Å². The van der Waals surface area contributed by atoms with Crippen molar-refractivity contribution < 1.29 is 18.3 Å². The topological polar surface area (TPSA) is 26.3 Å². The van der Waals surface area contributed by atoms with Crippen LogP contribution in [0.1, 0.15) is 35.7 Å². The molecule has 0 N–H and O–H groups in total. The number of ether oxygens (including phenoxy) is 1. The Morgan fingerprint density at radius 2 is 2.13 bits per heavy atom. The number of benzene rings is 1. The van der Waals surface area contributed by atoms with Gasteiger partial charge in [0.15, 0.2) is 5.78 Å². The Hall–Kier alpha value is -1.45. The number of carbonyl (C=O) groups excluding carboxylic acids is 1. The Balaban J connectivity index is 3.21. The lowest BCUT2D eigenvalue weighted by molar-refractivity contribution is 0.0974. The highest BCUT2D eigenvalue weighted by Crippen LogP contribution is 2.27. The van der Waals surface area contributed by atoms with Gasteiger partial charge in [0.1, 0.15) is 5.75 Å². The Labute approximate surface area is 86.9 Å². The normalized spacial score (nSPS) is 10.5. The highest BCUT2D eigenvalue weighted by atomic mass is 19.3. The van der Waals surface area contributed by atoms with Gasteiger partial charge in [-0.05, 0) is 18.2 Å². The summed E-state index contributed by atoms with van der Waals surface area (Å²) in [5.74, 6) is 0.0471. The average molecular weight is 214 g/mol. The van der Waals surface area contributed by atoms with Crippen molar-refractivity contribution in [2.45, 2.75) is 19.8 Å². The van der Waals surface area contributed by atoms with Gasteiger partial charge in [-0.15, -0.1) is 0 Å². The molecule has 0 radical (unpaired) electrons. The molecule has 4 heteroatoms. The summed E-state index contributed by atoms with van der Waals surface area (Å²) < 4.78 is 30.1. The molecule has 0 bridgehead atoms. The van der Waals surface area contributed by atoms with Crippen molar-refractivity contribution in [2.24, 2.45) is 0 Å². The minimum Gasteiger partial charge on any atom is -0.497 e. The number of methoxy groups -OCH3 is 1. The number of rotatable bonds is 4. The number of carbonyl (C=O) groups is 1. The lowest BCUT2D eigenvalue weighted by atomic mass is 10.0. The maximum atomic E-state index is 12.6. The van der Waals surface area contributed by atoms with Crippen LogP contribution in [0.25, 0.3) is 0 Å². The number of halogens is 2. The zero-order valence-electron chi connectivity index (χ0n) is 8.59. The molecule has 1 aromatic rings. The van der Waals surface area contributed by atoms with Crippen LogP contribution in [0.5, 0.6) is 5.75 Å². The van der Waals surface area contributed by atoms with Crippen LogP contribution < -0.4 is 4.74 Å². The Kier molecular flexibility index (Phi) is 3.77. The molecule has 1 rings (SSSR count). The molecule has 0 aliphatic rings. The first kappa shape index (κ1) is 11.6. The summed E-state index contributed by atoms with van der Waals surface area (Å²) in [4.78, 5) is 11.4. The molecule has 1 aromatic carbocycles. The highest BCUT2D eigenvalue weighted by Gasteiger charge is 2.17. The molecule has 0 unspecified atom stereocenters. The minimum atomic E-state index is -2.66. The van der Waals surface area contributed by atoms with E-state index in [1.807, 2.05) is 0 Å². The van der Waals surface area contributed by atoms with Crippen molar-refractivity contribution in [3.05, 3.63) is 29.3 Å². The Morgan fingerprint density at radius 3 is 2.60 bits per heavy atom. The summed E-state index contributed by atoms with van der Waals surface area (Å²) in [6.07, 6.45) is -2.45. The maximum absolute atomic E-state index is 12.6. The van der Waals surface area contributed by atoms with Crippen molar-refractivity contribution in [3.8, 4) is 5.75 Å². The van der Waals surface area contributed by atoms with Crippen LogP contribution in [0, 0.1) is 0 Å². The fraction of sp³-hybridized carbons (Fsp3) is 0.364. The second-order valence-corrected chi connectivity index (χ2v) is 3.03. The van der Waals surface area contributed by atoms with Gasteiger partial charge in [0, 0.05) is 17.5 Å². The van der Waals surface area contributed by atoms with E-state index in [0.717, 1.165) is 0 Å². The van der Waals surface area contributed by atoms with Crippen molar-refractivity contribution in [2.75, 3.05) is 7.11 Å². The summed E-state index contributed by atoms with van der Waals surface area (Å²) in [6.45, 7) is 1.64. The summed E-state index contributed by atoms with van der Waals surface area (Å²) in [6, 6.07) is 4.09. The van der Waals surface area contributed by atoms with Crippen molar-refractivity contribution in [1.82, 2.24) is 0 Å². The number of ketones is 1. The summed E-state index contributed by atoms with van der Waals surface area (Å²) in [5, 5.41) is 0. The van der Waals surface area contributed by atoms with E-state index >= 15 is 0 Å². The zero-order chi connectivity index (χ0) is 11.4. The number of Topliss-reactive ketones (excluding diaryl/α,β-unsaturated/α-hetero) is 1.